The Morgan fingerprint density at radius 2 is 2.20 bits per heavy atom. The highest BCUT2D eigenvalue weighted by Crippen LogP contribution is 2.26. The van der Waals surface area contributed by atoms with Gasteiger partial charge in [0.1, 0.15) is 11.5 Å². The van der Waals surface area contributed by atoms with Gasteiger partial charge in [-0.3, -0.25) is 4.79 Å². The van der Waals surface area contributed by atoms with E-state index in [1.54, 1.807) is 37.6 Å². The highest BCUT2D eigenvalue weighted by molar-refractivity contribution is 5.86. The third kappa shape index (κ3) is 1.76. The van der Waals surface area contributed by atoms with E-state index in [-0.39, 0.29) is 0 Å². The molecule has 0 aliphatic heterocycles. The number of rotatable bonds is 3. The second kappa shape index (κ2) is 4.00. The van der Waals surface area contributed by atoms with Gasteiger partial charge in [0.25, 0.3) is 0 Å². The lowest BCUT2D eigenvalue weighted by molar-refractivity contribution is 0.112. The van der Waals surface area contributed by atoms with Crippen molar-refractivity contribution in [3.63, 3.8) is 0 Å². The molecule has 15 heavy (non-hydrogen) atoms. The summed E-state index contributed by atoms with van der Waals surface area (Å²) >= 11 is 0. The summed E-state index contributed by atoms with van der Waals surface area (Å²) < 4.78 is 10.3. The fourth-order valence-electron chi connectivity index (χ4n) is 1.42. The van der Waals surface area contributed by atoms with Crippen LogP contribution in [-0.4, -0.2) is 13.4 Å². The van der Waals surface area contributed by atoms with Gasteiger partial charge in [0.2, 0.25) is 0 Å². The van der Waals surface area contributed by atoms with E-state index in [4.69, 9.17) is 9.15 Å². The Balaban J connectivity index is 2.52. The third-order valence-corrected chi connectivity index (χ3v) is 2.17. The van der Waals surface area contributed by atoms with Crippen molar-refractivity contribution in [3.05, 3.63) is 42.2 Å². The van der Waals surface area contributed by atoms with Crippen LogP contribution in [0.2, 0.25) is 0 Å². The Hall–Kier alpha value is -2.03. The van der Waals surface area contributed by atoms with Gasteiger partial charge in [0.15, 0.2) is 6.29 Å². The number of carbonyl (C=O) groups is 1. The highest BCUT2D eigenvalue weighted by Gasteiger charge is 2.07. The molecule has 0 amide bonds. The molecule has 0 radical (unpaired) electrons. The van der Waals surface area contributed by atoms with Gasteiger partial charge in [-0.25, -0.2) is 0 Å². The number of ether oxygens (including phenoxy) is 1. The molecular formula is C12H10O3. The van der Waals surface area contributed by atoms with Crippen molar-refractivity contribution in [2.24, 2.45) is 0 Å². The van der Waals surface area contributed by atoms with E-state index < -0.39 is 0 Å². The van der Waals surface area contributed by atoms with E-state index in [0.29, 0.717) is 17.1 Å². The van der Waals surface area contributed by atoms with Crippen LogP contribution in [0.4, 0.5) is 0 Å². The number of hydrogen-bond acceptors (Lipinski definition) is 3. The fraction of sp³-hybridized carbons (Fsp3) is 0.0833. The molecule has 0 saturated heterocycles. The van der Waals surface area contributed by atoms with Gasteiger partial charge in [-0.1, -0.05) is 0 Å². The van der Waals surface area contributed by atoms with Gasteiger partial charge in [0.05, 0.1) is 13.4 Å². The molecule has 0 bridgehead atoms. The second-order valence-corrected chi connectivity index (χ2v) is 3.05. The maximum Gasteiger partial charge on any atom is 0.150 e. The predicted molar refractivity (Wildman–Crippen MR) is 56.1 cm³/mol. The molecule has 0 saturated carbocycles. The van der Waals surface area contributed by atoms with Crippen molar-refractivity contribution in [1.82, 2.24) is 0 Å². The first-order valence-electron chi connectivity index (χ1n) is 4.52. The molecule has 0 unspecified atom stereocenters. The first-order chi connectivity index (χ1) is 7.35. The van der Waals surface area contributed by atoms with E-state index in [1.807, 2.05) is 6.07 Å². The van der Waals surface area contributed by atoms with Gasteiger partial charge in [-0.15, -0.1) is 0 Å². The SMILES string of the molecule is COc1ccc(-c2ccco2)c(C=O)c1. The number of methoxy groups -OCH3 is 1. The standard InChI is InChI=1S/C12H10O3/c1-14-10-4-5-11(9(7-10)8-13)12-3-2-6-15-12/h2-8H,1H3. The Labute approximate surface area is 87.3 Å². The largest absolute Gasteiger partial charge is 0.497 e. The summed E-state index contributed by atoms with van der Waals surface area (Å²) in [6.07, 6.45) is 2.37. The van der Waals surface area contributed by atoms with E-state index in [9.17, 15) is 4.79 Å². The van der Waals surface area contributed by atoms with Crippen LogP contribution in [0.25, 0.3) is 11.3 Å². The number of furan rings is 1. The minimum atomic E-state index is 0.560. The number of benzene rings is 1. The maximum absolute atomic E-state index is 10.9. The lowest BCUT2D eigenvalue weighted by Gasteiger charge is -2.04. The molecule has 0 aliphatic rings. The molecule has 0 aliphatic carbocycles. The van der Waals surface area contributed by atoms with Crippen LogP contribution in [0, 0.1) is 0 Å². The minimum absolute atomic E-state index is 0.560. The van der Waals surface area contributed by atoms with Crippen molar-refractivity contribution < 1.29 is 13.9 Å². The van der Waals surface area contributed by atoms with Crippen LogP contribution < -0.4 is 4.74 Å². The van der Waals surface area contributed by atoms with Crippen molar-refractivity contribution in [1.29, 1.82) is 0 Å². The predicted octanol–water partition coefficient (Wildman–Crippen LogP) is 2.77. The summed E-state index contributed by atoms with van der Waals surface area (Å²) in [7, 11) is 1.57. The molecule has 0 fully saturated rings. The number of carbonyl (C=O) groups excluding carboxylic acids is 1. The maximum atomic E-state index is 10.9. The monoisotopic (exact) mass is 202 g/mol. The van der Waals surface area contributed by atoms with Crippen molar-refractivity contribution in [3.8, 4) is 17.1 Å². The van der Waals surface area contributed by atoms with Gasteiger partial charge in [-0.05, 0) is 30.3 Å². The van der Waals surface area contributed by atoms with E-state index in [1.165, 1.54) is 0 Å². The lowest BCUT2D eigenvalue weighted by atomic mass is 10.1. The third-order valence-electron chi connectivity index (χ3n) is 2.17. The molecule has 3 nitrogen and oxygen atoms in total. The zero-order valence-corrected chi connectivity index (χ0v) is 8.27. The normalized spacial score (nSPS) is 9.93. The molecule has 0 atom stereocenters. The van der Waals surface area contributed by atoms with Crippen LogP contribution in [0.3, 0.4) is 0 Å². The quantitative estimate of drug-likeness (QED) is 0.718. The molecule has 0 spiro atoms. The molecule has 1 heterocycles. The first kappa shape index (κ1) is 9.52. The van der Waals surface area contributed by atoms with Crippen LogP contribution in [0.1, 0.15) is 10.4 Å². The van der Waals surface area contributed by atoms with Gasteiger partial charge < -0.3 is 9.15 Å². The summed E-state index contributed by atoms with van der Waals surface area (Å²) in [5.41, 5.74) is 1.33. The van der Waals surface area contributed by atoms with Crippen molar-refractivity contribution in [2.75, 3.05) is 7.11 Å². The Bertz CT molecular complexity index is 458. The van der Waals surface area contributed by atoms with E-state index >= 15 is 0 Å². The Morgan fingerprint density at radius 3 is 2.80 bits per heavy atom. The van der Waals surface area contributed by atoms with Crippen LogP contribution >= 0.6 is 0 Å². The molecule has 76 valence electrons. The molecular weight excluding hydrogens is 192 g/mol. The molecule has 0 N–H and O–H groups in total. The zero-order chi connectivity index (χ0) is 10.7. The molecule has 1 aromatic heterocycles. The zero-order valence-electron chi connectivity index (χ0n) is 8.27. The van der Waals surface area contributed by atoms with Gasteiger partial charge >= 0.3 is 0 Å². The summed E-state index contributed by atoms with van der Waals surface area (Å²) in [5, 5.41) is 0. The van der Waals surface area contributed by atoms with Gasteiger partial charge in [0, 0.05) is 11.1 Å². The van der Waals surface area contributed by atoms with Gasteiger partial charge in [-0.2, -0.15) is 0 Å². The average Bonchev–Trinajstić information content (AvgIpc) is 2.81. The van der Waals surface area contributed by atoms with Crippen molar-refractivity contribution in [2.45, 2.75) is 0 Å². The summed E-state index contributed by atoms with van der Waals surface area (Å²) in [6.45, 7) is 0. The molecule has 2 aromatic rings. The molecule has 2 rings (SSSR count). The second-order valence-electron chi connectivity index (χ2n) is 3.05. The van der Waals surface area contributed by atoms with Crippen LogP contribution in [0.15, 0.2) is 41.0 Å². The smallest absolute Gasteiger partial charge is 0.150 e. The topological polar surface area (TPSA) is 39.4 Å². The molecule has 3 heteroatoms. The molecule has 1 aromatic carbocycles. The van der Waals surface area contributed by atoms with Crippen LogP contribution in [0.5, 0.6) is 5.75 Å². The fourth-order valence-corrected chi connectivity index (χ4v) is 1.42. The first-order valence-corrected chi connectivity index (χ1v) is 4.52. The summed E-state index contributed by atoms with van der Waals surface area (Å²) in [6, 6.07) is 8.89. The summed E-state index contributed by atoms with van der Waals surface area (Å²) in [5.74, 6) is 1.34. The number of aldehydes is 1. The Kier molecular flexibility index (Phi) is 2.54. The van der Waals surface area contributed by atoms with E-state index in [0.717, 1.165) is 11.8 Å². The minimum Gasteiger partial charge on any atom is -0.497 e. The highest BCUT2D eigenvalue weighted by atomic mass is 16.5. The van der Waals surface area contributed by atoms with E-state index in [2.05, 4.69) is 0 Å². The van der Waals surface area contributed by atoms with Crippen molar-refractivity contribution >= 4 is 6.29 Å². The number of hydrogen-bond donors (Lipinski definition) is 0. The Morgan fingerprint density at radius 1 is 1.33 bits per heavy atom. The average molecular weight is 202 g/mol. The lowest BCUT2D eigenvalue weighted by Crippen LogP contribution is -1.89. The summed E-state index contributed by atoms with van der Waals surface area (Å²) in [4.78, 5) is 10.9. The van der Waals surface area contributed by atoms with Crippen LogP contribution in [-0.2, 0) is 0 Å².